The fraction of sp³-hybridized carbons (Fsp3) is 0.222. The standard InChI is InChI=1S/C18H17N3O5/c22-17(11-26-16-9-6-12-2-1-3-14(12)10-16)19-20-18(23)13-4-7-15(8-5-13)21(24)25/h4-10H,1-3,11H2,(H,19,22)(H,20,23). The molecule has 0 saturated carbocycles. The lowest BCUT2D eigenvalue weighted by Gasteiger charge is -2.10. The van der Waals surface area contributed by atoms with Crippen LogP contribution >= 0.6 is 0 Å². The third-order valence-electron chi connectivity index (χ3n) is 4.10. The largest absolute Gasteiger partial charge is 0.484 e. The van der Waals surface area contributed by atoms with Gasteiger partial charge in [-0.05, 0) is 54.7 Å². The van der Waals surface area contributed by atoms with Crippen LogP contribution in [0, 0.1) is 10.1 Å². The van der Waals surface area contributed by atoms with Crippen molar-refractivity contribution in [3.05, 3.63) is 69.3 Å². The van der Waals surface area contributed by atoms with Crippen molar-refractivity contribution in [3.8, 4) is 5.75 Å². The van der Waals surface area contributed by atoms with Crippen molar-refractivity contribution < 1.29 is 19.2 Å². The summed E-state index contributed by atoms with van der Waals surface area (Å²) in [4.78, 5) is 33.7. The lowest BCUT2D eigenvalue weighted by molar-refractivity contribution is -0.384. The number of benzene rings is 2. The Morgan fingerprint density at radius 2 is 1.77 bits per heavy atom. The van der Waals surface area contributed by atoms with Crippen molar-refractivity contribution in [1.29, 1.82) is 0 Å². The molecule has 0 unspecified atom stereocenters. The van der Waals surface area contributed by atoms with E-state index in [-0.39, 0.29) is 17.9 Å². The molecule has 2 amide bonds. The van der Waals surface area contributed by atoms with E-state index in [1.54, 1.807) is 0 Å². The first-order valence-corrected chi connectivity index (χ1v) is 8.11. The third-order valence-corrected chi connectivity index (χ3v) is 4.10. The summed E-state index contributed by atoms with van der Waals surface area (Å²) in [6.45, 7) is -0.237. The Morgan fingerprint density at radius 1 is 1.04 bits per heavy atom. The number of carbonyl (C=O) groups excluding carboxylic acids is 2. The van der Waals surface area contributed by atoms with Gasteiger partial charge in [0, 0.05) is 17.7 Å². The van der Waals surface area contributed by atoms with Crippen LogP contribution in [-0.2, 0) is 17.6 Å². The molecule has 1 aliphatic rings. The van der Waals surface area contributed by atoms with Crippen LogP contribution in [0.3, 0.4) is 0 Å². The number of nitro groups is 1. The van der Waals surface area contributed by atoms with Crippen molar-refractivity contribution in [2.45, 2.75) is 19.3 Å². The monoisotopic (exact) mass is 355 g/mol. The van der Waals surface area contributed by atoms with Gasteiger partial charge in [-0.1, -0.05) is 6.07 Å². The number of hydrazine groups is 1. The number of rotatable bonds is 5. The normalized spacial score (nSPS) is 12.2. The molecule has 2 aromatic rings. The molecule has 8 heteroatoms. The van der Waals surface area contributed by atoms with Crippen LogP contribution < -0.4 is 15.6 Å². The van der Waals surface area contributed by atoms with Crippen LogP contribution in [0.25, 0.3) is 0 Å². The number of amides is 2. The second kappa shape index (κ2) is 7.64. The minimum absolute atomic E-state index is 0.117. The van der Waals surface area contributed by atoms with Gasteiger partial charge in [0.2, 0.25) is 0 Å². The maximum absolute atomic E-state index is 11.9. The predicted molar refractivity (Wildman–Crippen MR) is 92.7 cm³/mol. The first kappa shape index (κ1) is 17.4. The van der Waals surface area contributed by atoms with E-state index in [1.807, 2.05) is 18.2 Å². The van der Waals surface area contributed by atoms with Gasteiger partial charge in [0.1, 0.15) is 5.75 Å². The van der Waals surface area contributed by atoms with E-state index >= 15 is 0 Å². The van der Waals surface area contributed by atoms with E-state index in [1.165, 1.54) is 35.4 Å². The smallest absolute Gasteiger partial charge is 0.276 e. The molecule has 0 aromatic heterocycles. The summed E-state index contributed by atoms with van der Waals surface area (Å²) < 4.78 is 5.43. The molecule has 0 atom stereocenters. The molecule has 0 spiro atoms. The van der Waals surface area contributed by atoms with Crippen molar-refractivity contribution in [2.24, 2.45) is 0 Å². The Bertz CT molecular complexity index is 848. The summed E-state index contributed by atoms with van der Waals surface area (Å²) in [5.74, 6) is -0.478. The van der Waals surface area contributed by atoms with E-state index in [2.05, 4.69) is 10.9 Å². The van der Waals surface area contributed by atoms with Gasteiger partial charge < -0.3 is 4.74 Å². The average Bonchev–Trinajstić information content (AvgIpc) is 3.12. The molecule has 0 saturated heterocycles. The Hall–Kier alpha value is -3.42. The number of carbonyl (C=O) groups is 2. The SMILES string of the molecule is O=C(COc1ccc2c(c1)CCC2)NNC(=O)c1ccc([N+](=O)[O-])cc1. The maximum atomic E-state index is 11.9. The number of hydrogen-bond acceptors (Lipinski definition) is 5. The highest BCUT2D eigenvalue weighted by molar-refractivity contribution is 5.95. The van der Waals surface area contributed by atoms with Crippen LogP contribution in [0.2, 0.25) is 0 Å². The molecule has 0 heterocycles. The summed E-state index contributed by atoms with van der Waals surface area (Å²) in [7, 11) is 0. The number of aryl methyl sites for hydroxylation is 2. The first-order valence-electron chi connectivity index (χ1n) is 8.11. The lowest BCUT2D eigenvalue weighted by Crippen LogP contribution is -2.43. The summed E-state index contributed by atoms with van der Waals surface area (Å²) in [5, 5.41) is 10.6. The van der Waals surface area contributed by atoms with Gasteiger partial charge in [-0.15, -0.1) is 0 Å². The Balaban J connectivity index is 1.46. The molecule has 134 valence electrons. The van der Waals surface area contributed by atoms with Gasteiger partial charge in [0.15, 0.2) is 6.61 Å². The molecule has 0 bridgehead atoms. The van der Waals surface area contributed by atoms with E-state index in [4.69, 9.17) is 4.74 Å². The predicted octanol–water partition coefficient (Wildman–Crippen LogP) is 1.92. The van der Waals surface area contributed by atoms with E-state index in [9.17, 15) is 19.7 Å². The lowest BCUT2D eigenvalue weighted by atomic mass is 10.1. The zero-order chi connectivity index (χ0) is 18.5. The van der Waals surface area contributed by atoms with Crippen molar-refractivity contribution in [1.82, 2.24) is 10.9 Å². The van der Waals surface area contributed by atoms with Gasteiger partial charge in [-0.3, -0.25) is 30.6 Å². The van der Waals surface area contributed by atoms with Gasteiger partial charge in [-0.25, -0.2) is 0 Å². The molecule has 1 aliphatic carbocycles. The minimum atomic E-state index is -0.578. The molecule has 0 radical (unpaired) electrons. The molecule has 2 aromatic carbocycles. The van der Waals surface area contributed by atoms with Crippen LogP contribution in [0.4, 0.5) is 5.69 Å². The fourth-order valence-corrected chi connectivity index (χ4v) is 2.76. The number of nitrogens with one attached hydrogen (secondary N) is 2. The van der Waals surface area contributed by atoms with Gasteiger partial charge in [-0.2, -0.15) is 0 Å². The highest BCUT2D eigenvalue weighted by Gasteiger charge is 2.13. The quantitative estimate of drug-likeness (QED) is 0.629. The second-order valence-electron chi connectivity index (χ2n) is 5.88. The zero-order valence-corrected chi connectivity index (χ0v) is 13.9. The highest BCUT2D eigenvalue weighted by Crippen LogP contribution is 2.25. The zero-order valence-electron chi connectivity index (χ0n) is 13.9. The third kappa shape index (κ3) is 4.15. The van der Waals surface area contributed by atoms with Gasteiger partial charge in [0.05, 0.1) is 4.92 Å². The molecule has 8 nitrogen and oxygen atoms in total. The molecular weight excluding hydrogens is 338 g/mol. The van der Waals surface area contributed by atoms with Crippen LogP contribution in [-0.4, -0.2) is 23.3 Å². The summed E-state index contributed by atoms with van der Waals surface area (Å²) >= 11 is 0. The fourth-order valence-electron chi connectivity index (χ4n) is 2.76. The van der Waals surface area contributed by atoms with E-state index < -0.39 is 16.7 Å². The van der Waals surface area contributed by atoms with Gasteiger partial charge in [0.25, 0.3) is 17.5 Å². The van der Waals surface area contributed by atoms with E-state index in [0.29, 0.717) is 5.75 Å². The number of nitro benzene ring substituents is 1. The number of ether oxygens (including phenoxy) is 1. The Morgan fingerprint density at radius 3 is 2.50 bits per heavy atom. The Kier molecular flexibility index (Phi) is 5.12. The number of hydrogen-bond donors (Lipinski definition) is 2. The summed E-state index contributed by atoms with van der Waals surface area (Å²) in [6, 6.07) is 10.8. The number of fused-ring (bicyclic) bond motifs is 1. The van der Waals surface area contributed by atoms with Crippen LogP contribution in [0.5, 0.6) is 5.75 Å². The average molecular weight is 355 g/mol. The summed E-state index contributed by atoms with van der Waals surface area (Å²) in [6.07, 6.45) is 3.22. The highest BCUT2D eigenvalue weighted by atomic mass is 16.6. The van der Waals surface area contributed by atoms with Crippen molar-refractivity contribution in [3.63, 3.8) is 0 Å². The minimum Gasteiger partial charge on any atom is -0.484 e. The molecular formula is C18H17N3O5. The molecule has 26 heavy (non-hydrogen) atoms. The van der Waals surface area contributed by atoms with Crippen LogP contribution in [0.1, 0.15) is 27.9 Å². The van der Waals surface area contributed by atoms with Crippen LogP contribution in [0.15, 0.2) is 42.5 Å². The van der Waals surface area contributed by atoms with Crippen molar-refractivity contribution >= 4 is 17.5 Å². The van der Waals surface area contributed by atoms with Gasteiger partial charge >= 0.3 is 0 Å². The molecule has 0 aliphatic heterocycles. The van der Waals surface area contributed by atoms with E-state index in [0.717, 1.165) is 19.3 Å². The first-order chi connectivity index (χ1) is 12.5. The number of nitrogens with zero attached hydrogens (tertiary/aromatic N) is 1. The molecule has 2 N–H and O–H groups in total. The second-order valence-corrected chi connectivity index (χ2v) is 5.88. The maximum Gasteiger partial charge on any atom is 0.276 e. The number of non-ortho nitro benzene ring substituents is 1. The topological polar surface area (TPSA) is 111 Å². The molecule has 0 fully saturated rings. The molecule has 3 rings (SSSR count). The van der Waals surface area contributed by atoms with Crippen molar-refractivity contribution in [2.75, 3.05) is 6.61 Å². The summed E-state index contributed by atoms with van der Waals surface area (Å²) in [5.41, 5.74) is 7.12. The Labute approximate surface area is 149 Å².